The van der Waals surface area contributed by atoms with Crippen molar-refractivity contribution in [3.8, 4) is 5.75 Å². The Hall–Kier alpha value is -3.29. The minimum Gasteiger partial charge on any atom is -0.497 e. The van der Waals surface area contributed by atoms with Crippen molar-refractivity contribution in [1.29, 1.82) is 0 Å². The number of methoxy groups -OCH3 is 1. The first-order valence-electron chi connectivity index (χ1n) is 8.65. The molecule has 8 heteroatoms. The summed E-state index contributed by atoms with van der Waals surface area (Å²) < 4.78 is 7.00. The quantitative estimate of drug-likeness (QED) is 0.724. The Balaban J connectivity index is 1.53. The van der Waals surface area contributed by atoms with E-state index >= 15 is 0 Å². The molecule has 4 amide bonds. The number of urea groups is 1. The fraction of sp³-hybridized carbons (Fsp3) is 0.316. The first-order chi connectivity index (χ1) is 13.0. The van der Waals surface area contributed by atoms with E-state index in [4.69, 9.17) is 4.74 Å². The Morgan fingerprint density at radius 3 is 2.59 bits per heavy atom. The lowest BCUT2D eigenvalue weighted by atomic mass is 10.1. The van der Waals surface area contributed by atoms with Crippen molar-refractivity contribution >= 4 is 23.5 Å². The van der Waals surface area contributed by atoms with Gasteiger partial charge in [0.1, 0.15) is 11.8 Å². The molecule has 8 nitrogen and oxygen atoms in total. The maximum atomic E-state index is 12.5. The molecule has 27 heavy (non-hydrogen) atoms. The molecule has 0 unspecified atom stereocenters. The number of hydrogen-bond acceptors (Lipinski definition) is 4. The van der Waals surface area contributed by atoms with Crippen molar-refractivity contribution in [2.45, 2.75) is 25.4 Å². The molecule has 0 radical (unpaired) electrons. The number of imide groups is 1. The molecule has 2 heterocycles. The highest BCUT2D eigenvalue weighted by molar-refractivity contribution is 6.21. The van der Waals surface area contributed by atoms with E-state index in [9.17, 15) is 14.4 Å². The molecule has 2 N–H and O–H groups in total. The van der Waals surface area contributed by atoms with E-state index in [0.717, 1.165) is 10.6 Å². The number of rotatable bonds is 7. The van der Waals surface area contributed by atoms with Gasteiger partial charge in [-0.2, -0.15) is 0 Å². The van der Waals surface area contributed by atoms with E-state index in [0.29, 0.717) is 18.0 Å². The van der Waals surface area contributed by atoms with E-state index in [1.165, 1.54) is 0 Å². The summed E-state index contributed by atoms with van der Waals surface area (Å²) in [7, 11) is 3.45. The Kier molecular flexibility index (Phi) is 5.44. The molecular weight excluding hydrogens is 348 g/mol. The number of ether oxygens (including phenoxy) is 1. The minimum absolute atomic E-state index is 0.150. The van der Waals surface area contributed by atoms with E-state index in [-0.39, 0.29) is 24.7 Å². The molecule has 0 saturated carbocycles. The van der Waals surface area contributed by atoms with Crippen molar-refractivity contribution in [1.82, 2.24) is 15.2 Å². The molecule has 1 aromatic heterocycles. The lowest BCUT2D eigenvalue weighted by Gasteiger charge is -2.13. The van der Waals surface area contributed by atoms with E-state index in [1.807, 2.05) is 29.9 Å². The second-order valence-electron chi connectivity index (χ2n) is 6.30. The third-order valence-corrected chi connectivity index (χ3v) is 4.53. The van der Waals surface area contributed by atoms with Gasteiger partial charge < -0.3 is 19.9 Å². The molecule has 0 spiro atoms. The number of aryl methyl sites for hydroxylation is 1. The third-order valence-electron chi connectivity index (χ3n) is 4.53. The summed E-state index contributed by atoms with van der Waals surface area (Å²) in [4.78, 5) is 37.9. The van der Waals surface area contributed by atoms with Gasteiger partial charge >= 0.3 is 6.03 Å². The summed E-state index contributed by atoms with van der Waals surface area (Å²) >= 11 is 0. The van der Waals surface area contributed by atoms with Crippen LogP contribution in [0.15, 0.2) is 42.6 Å². The second-order valence-corrected chi connectivity index (χ2v) is 6.30. The van der Waals surface area contributed by atoms with Gasteiger partial charge in [0.15, 0.2) is 0 Å². The fourth-order valence-electron chi connectivity index (χ4n) is 2.94. The zero-order valence-corrected chi connectivity index (χ0v) is 15.3. The first kappa shape index (κ1) is 18.5. The Morgan fingerprint density at radius 2 is 1.96 bits per heavy atom. The fourth-order valence-corrected chi connectivity index (χ4v) is 2.94. The average Bonchev–Trinajstić information content (AvgIpc) is 3.20. The van der Waals surface area contributed by atoms with Crippen LogP contribution in [-0.4, -0.2) is 35.6 Å². The summed E-state index contributed by atoms with van der Waals surface area (Å²) in [5, 5.41) is 5.46. The molecule has 1 fully saturated rings. The van der Waals surface area contributed by atoms with Gasteiger partial charge in [-0.15, -0.1) is 0 Å². The van der Waals surface area contributed by atoms with Crippen LogP contribution in [0.5, 0.6) is 5.75 Å². The minimum atomic E-state index is -0.708. The summed E-state index contributed by atoms with van der Waals surface area (Å²) in [5.74, 6) is 0.110. The molecule has 1 aliphatic rings. The number of anilines is 1. The molecule has 1 aliphatic heterocycles. The van der Waals surface area contributed by atoms with Crippen molar-refractivity contribution in [2.24, 2.45) is 7.05 Å². The Bertz CT molecular complexity index is 844. The molecule has 0 bridgehead atoms. The van der Waals surface area contributed by atoms with Crippen LogP contribution in [0.4, 0.5) is 10.5 Å². The number of amides is 4. The van der Waals surface area contributed by atoms with Gasteiger partial charge in [-0.25, -0.2) is 9.69 Å². The molecule has 1 atom stereocenters. The molecule has 1 aromatic carbocycles. The zero-order chi connectivity index (χ0) is 19.4. The van der Waals surface area contributed by atoms with Gasteiger partial charge in [-0.3, -0.25) is 9.59 Å². The van der Waals surface area contributed by atoms with Crippen LogP contribution in [0.3, 0.4) is 0 Å². The second kappa shape index (κ2) is 7.94. The smallest absolute Gasteiger partial charge is 0.329 e. The maximum Gasteiger partial charge on any atom is 0.329 e. The molecule has 2 aromatic rings. The van der Waals surface area contributed by atoms with Gasteiger partial charge in [-0.1, -0.05) is 0 Å². The molecule has 1 saturated heterocycles. The zero-order valence-electron chi connectivity index (χ0n) is 15.3. The predicted octanol–water partition coefficient (Wildman–Crippen LogP) is 1.56. The highest BCUT2D eigenvalue weighted by Gasteiger charge is 2.38. The highest BCUT2D eigenvalue weighted by Crippen LogP contribution is 2.23. The lowest BCUT2D eigenvalue weighted by molar-refractivity contribution is -0.122. The number of nitrogens with one attached hydrogen (secondary N) is 2. The summed E-state index contributed by atoms with van der Waals surface area (Å²) in [6.45, 7) is 0.422. The predicted molar refractivity (Wildman–Crippen MR) is 99.3 cm³/mol. The number of aromatic nitrogens is 1. The highest BCUT2D eigenvalue weighted by atomic mass is 16.5. The van der Waals surface area contributed by atoms with Crippen LogP contribution >= 0.6 is 0 Å². The van der Waals surface area contributed by atoms with Crippen LogP contribution in [0.1, 0.15) is 18.5 Å². The van der Waals surface area contributed by atoms with Gasteiger partial charge in [0.05, 0.1) is 19.3 Å². The number of carbonyl (C=O) groups is 3. The van der Waals surface area contributed by atoms with Crippen LogP contribution in [0, 0.1) is 0 Å². The monoisotopic (exact) mass is 370 g/mol. The molecular formula is C19H22N4O4. The molecule has 0 aliphatic carbocycles. The first-order valence-corrected chi connectivity index (χ1v) is 8.65. The SMILES string of the molecule is COc1ccc(N2C(=O)N[C@@H](CCC(=O)NCc3cccn3C)C2=O)cc1. The van der Waals surface area contributed by atoms with Crippen LogP contribution in [0.2, 0.25) is 0 Å². The lowest BCUT2D eigenvalue weighted by Crippen LogP contribution is -2.32. The summed E-state index contributed by atoms with van der Waals surface area (Å²) in [6.07, 6.45) is 2.30. The third kappa shape index (κ3) is 4.11. The Morgan fingerprint density at radius 1 is 1.22 bits per heavy atom. The number of carbonyl (C=O) groups excluding carboxylic acids is 3. The van der Waals surface area contributed by atoms with Crippen LogP contribution in [-0.2, 0) is 23.2 Å². The number of benzene rings is 1. The Labute approximate surface area is 157 Å². The van der Waals surface area contributed by atoms with Crippen LogP contribution in [0.25, 0.3) is 0 Å². The normalized spacial score (nSPS) is 16.4. The maximum absolute atomic E-state index is 12.5. The van der Waals surface area contributed by atoms with Crippen molar-refractivity contribution < 1.29 is 19.1 Å². The van der Waals surface area contributed by atoms with Gasteiger partial charge in [0, 0.05) is 25.4 Å². The number of nitrogens with zero attached hydrogens (tertiary/aromatic N) is 2. The van der Waals surface area contributed by atoms with E-state index in [2.05, 4.69) is 10.6 Å². The topological polar surface area (TPSA) is 92.7 Å². The van der Waals surface area contributed by atoms with Gasteiger partial charge in [0.2, 0.25) is 5.91 Å². The summed E-state index contributed by atoms with van der Waals surface area (Å²) in [5.41, 5.74) is 1.45. The number of hydrogen-bond donors (Lipinski definition) is 2. The average molecular weight is 370 g/mol. The summed E-state index contributed by atoms with van der Waals surface area (Å²) in [6, 6.07) is 9.28. The van der Waals surface area contributed by atoms with Crippen molar-refractivity contribution in [2.75, 3.05) is 12.0 Å². The largest absolute Gasteiger partial charge is 0.497 e. The molecule has 3 rings (SSSR count). The van der Waals surface area contributed by atoms with E-state index in [1.54, 1.807) is 31.4 Å². The standard InChI is InChI=1S/C19H22N4O4/c1-22-11-3-4-14(22)12-20-17(24)10-9-16-18(25)23(19(26)21-16)13-5-7-15(27-2)8-6-13/h3-8,11,16H,9-10,12H2,1-2H3,(H,20,24)(H,21,26)/t16-/m0/s1. The van der Waals surface area contributed by atoms with Crippen molar-refractivity contribution in [3.05, 3.63) is 48.3 Å². The van der Waals surface area contributed by atoms with E-state index < -0.39 is 12.1 Å². The van der Waals surface area contributed by atoms with Gasteiger partial charge in [-0.05, 0) is 42.8 Å². The van der Waals surface area contributed by atoms with Gasteiger partial charge in [0.25, 0.3) is 5.91 Å². The molecule has 142 valence electrons. The van der Waals surface area contributed by atoms with Crippen molar-refractivity contribution in [3.63, 3.8) is 0 Å². The van der Waals surface area contributed by atoms with Crippen LogP contribution < -0.4 is 20.3 Å².